The Hall–Kier alpha value is -4.06. The zero-order valence-electron chi connectivity index (χ0n) is 23.3. The zero-order valence-corrected chi connectivity index (χ0v) is 23.3. The van der Waals surface area contributed by atoms with Crippen LogP contribution in [0.5, 0.6) is 0 Å². The summed E-state index contributed by atoms with van der Waals surface area (Å²) in [7, 11) is 1.78. The van der Waals surface area contributed by atoms with Crippen LogP contribution in [0.2, 0.25) is 0 Å². The lowest BCUT2D eigenvalue weighted by atomic mass is 10.0. The number of anilines is 1. The van der Waals surface area contributed by atoms with Crippen molar-refractivity contribution in [2.45, 2.75) is 52.6 Å². The van der Waals surface area contributed by atoms with Crippen molar-refractivity contribution >= 4 is 23.8 Å². The molecule has 6 heteroatoms. The molecule has 0 radical (unpaired) electrons. The van der Waals surface area contributed by atoms with Crippen LogP contribution in [-0.2, 0) is 20.9 Å². The lowest BCUT2D eigenvalue weighted by molar-refractivity contribution is -0.144. The monoisotopic (exact) mass is 528 g/mol. The molecule has 0 saturated carbocycles. The minimum atomic E-state index is -0.500. The van der Waals surface area contributed by atoms with Crippen LogP contribution in [-0.4, -0.2) is 32.2 Å². The van der Waals surface area contributed by atoms with Crippen LogP contribution in [0.25, 0.3) is 17.2 Å². The van der Waals surface area contributed by atoms with Gasteiger partial charge in [0.2, 0.25) is 5.76 Å². The van der Waals surface area contributed by atoms with Crippen LogP contribution < -0.4 is 10.2 Å². The molecule has 3 aromatic carbocycles. The second-order valence-electron chi connectivity index (χ2n) is 9.38. The molecule has 0 aliphatic rings. The highest BCUT2D eigenvalue weighted by Gasteiger charge is 2.14. The third-order valence-corrected chi connectivity index (χ3v) is 6.35. The molecule has 0 aromatic heterocycles. The molecule has 206 valence electrons. The van der Waals surface area contributed by atoms with E-state index in [4.69, 9.17) is 9.47 Å². The second kappa shape index (κ2) is 16.0. The van der Waals surface area contributed by atoms with Gasteiger partial charge < -0.3 is 14.8 Å². The number of rotatable bonds is 14. The smallest absolute Gasteiger partial charge is 0.373 e. The van der Waals surface area contributed by atoms with E-state index in [0.717, 1.165) is 40.8 Å². The first-order valence-electron chi connectivity index (χ1n) is 13.8. The number of esters is 1. The van der Waals surface area contributed by atoms with Gasteiger partial charge in [0.05, 0.1) is 6.61 Å². The number of unbranched alkanes of at least 4 members (excludes halogenated alkanes) is 4. The van der Waals surface area contributed by atoms with E-state index in [1.54, 1.807) is 18.0 Å². The summed E-state index contributed by atoms with van der Waals surface area (Å²) in [5.74, 6) is -0.332. The van der Waals surface area contributed by atoms with Crippen molar-refractivity contribution < 1.29 is 19.1 Å². The quantitative estimate of drug-likeness (QED) is 0.101. The predicted octanol–water partition coefficient (Wildman–Crippen LogP) is 7.59. The maximum Gasteiger partial charge on any atom is 0.373 e. The summed E-state index contributed by atoms with van der Waals surface area (Å²) in [6.45, 7) is 5.26. The largest absolute Gasteiger partial charge is 0.487 e. The van der Waals surface area contributed by atoms with Crippen LogP contribution in [0.4, 0.5) is 10.5 Å². The maximum absolute atomic E-state index is 12.6. The summed E-state index contributed by atoms with van der Waals surface area (Å²) in [4.78, 5) is 26.9. The minimum absolute atomic E-state index is 0.106. The first-order chi connectivity index (χ1) is 19.0. The van der Waals surface area contributed by atoms with Crippen molar-refractivity contribution in [2.75, 3.05) is 25.1 Å². The van der Waals surface area contributed by atoms with Crippen LogP contribution in [0.15, 0.2) is 84.6 Å². The van der Waals surface area contributed by atoms with E-state index < -0.39 is 5.97 Å². The number of hydrogen-bond acceptors (Lipinski definition) is 4. The molecule has 3 rings (SSSR count). The standard InChI is InChI=1S/C33H40N2O4/c1-4-6-7-8-12-22-34-33(37)35(3)30-17-13-16-29(24-30)28-20-18-26(19-21-28)23-31(38-5-2)32(36)39-25-27-14-10-9-11-15-27/h9-11,13-21,23-24H,4-8,12,22,25H2,1-3H3,(H,34,37). The fourth-order valence-electron chi connectivity index (χ4n) is 4.09. The number of nitrogens with zero attached hydrogens (tertiary/aromatic N) is 1. The summed E-state index contributed by atoms with van der Waals surface area (Å²) in [6.07, 6.45) is 7.49. The van der Waals surface area contributed by atoms with E-state index in [1.165, 1.54) is 19.3 Å². The Labute approximate surface area is 232 Å². The van der Waals surface area contributed by atoms with Crippen LogP contribution in [0.1, 0.15) is 57.1 Å². The summed E-state index contributed by atoms with van der Waals surface area (Å²) >= 11 is 0. The van der Waals surface area contributed by atoms with Crippen molar-refractivity contribution in [3.8, 4) is 11.1 Å². The van der Waals surface area contributed by atoms with Gasteiger partial charge in [-0.2, -0.15) is 0 Å². The van der Waals surface area contributed by atoms with Crippen molar-refractivity contribution in [3.63, 3.8) is 0 Å². The van der Waals surface area contributed by atoms with Gasteiger partial charge in [-0.3, -0.25) is 4.90 Å². The van der Waals surface area contributed by atoms with Gasteiger partial charge in [0.15, 0.2) is 0 Å². The molecule has 0 aliphatic heterocycles. The number of urea groups is 1. The molecule has 0 unspecified atom stereocenters. The summed E-state index contributed by atoms with van der Waals surface area (Å²) < 4.78 is 11.0. The molecule has 0 aliphatic carbocycles. The topological polar surface area (TPSA) is 67.9 Å². The Bertz CT molecular complexity index is 1210. The van der Waals surface area contributed by atoms with Gasteiger partial charge >= 0.3 is 12.0 Å². The first kappa shape index (κ1) is 29.5. The zero-order chi connectivity index (χ0) is 27.9. The highest BCUT2D eigenvalue weighted by molar-refractivity contribution is 5.92. The highest BCUT2D eigenvalue weighted by atomic mass is 16.6. The molecule has 3 aromatic rings. The molecule has 0 saturated heterocycles. The molecule has 0 heterocycles. The fourth-order valence-corrected chi connectivity index (χ4v) is 4.09. The lowest BCUT2D eigenvalue weighted by Gasteiger charge is -2.19. The lowest BCUT2D eigenvalue weighted by Crippen LogP contribution is -2.37. The van der Waals surface area contributed by atoms with E-state index in [1.807, 2.05) is 85.8 Å². The molecule has 0 atom stereocenters. The van der Waals surface area contributed by atoms with E-state index in [-0.39, 0.29) is 18.4 Å². The minimum Gasteiger partial charge on any atom is -0.487 e. The molecule has 1 N–H and O–H groups in total. The Morgan fingerprint density at radius 3 is 2.28 bits per heavy atom. The van der Waals surface area contributed by atoms with Crippen LogP contribution in [0, 0.1) is 0 Å². The van der Waals surface area contributed by atoms with Gasteiger partial charge in [-0.25, -0.2) is 9.59 Å². The Morgan fingerprint density at radius 2 is 1.56 bits per heavy atom. The first-order valence-corrected chi connectivity index (χ1v) is 13.8. The normalized spacial score (nSPS) is 11.1. The molecule has 0 fully saturated rings. The maximum atomic E-state index is 12.6. The predicted molar refractivity (Wildman–Crippen MR) is 158 cm³/mol. The van der Waals surface area contributed by atoms with Gasteiger partial charge in [0.1, 0.15) is 6.61 Å². The van der Waals surface area contributed by atoms with Crippen molar-refractivity contribution in [2.24, 2.45) is 0 Å². The molecule has 0 spiro atoms. The van der Waals surface area contributed by atoms with E-state index in [2.05, 4.69) is 12.2 Å². The van der Waals surface area contributed by atoms with E-state index in [0.29, 0.717) is 13.2 Å². The molecule has 0 bridgehead atoms. The van der Waals surface area contributed by atoms with Crippen molar-refractivity contribution in [3.05, 3.63) is 95.7 Å². The van der Waals surface area contributed by atoms with Crippen LogP contribution >= 0.6 is 0 Å². The number of hydrogen-bond donors (Lipinski definition) is 1. The SMILES string of the molecule is CCCCCCCNC(=O)N(C)c1cccc(-c2ccc(C=C(OCC)C(=O)OCc3ccccc3)cc2)c1. The Balaban J connectivity index is 1.62. The molecular formula is C33H40N2O4. The number of carbonyl (C=O) groups is 2. The van der Waals surface area contributed by atoms with Gasteiger partial charge in [-0.05, 0) is 53.8 Å². The van der Waals surface area contributed by atoms with E-state index >= 15 is 0 Å². The van der Waals surface area contributed by atoms with Gasteiger partial charge in [-0.1, -0.05) is 99.3 Å². The number of nitrogens with one attached hydrogen (secondary N) is 1. The highest BCUT2D eigenvalue weighted by Crippen LogP contribution is 2.25. The fraction of sp³-hybridized carbons (Fsp3) is 0.333. The average molecular weight is 529 g/mol. The third-order valence-electron chi connectivity index (χ3n) is 6.35. The molecule has 2 amide bonds. The van der Waals surface area contributed by atoms with E-state index in [9.17, 15) is 9.59 Å². The Morgan fingerprint density at radius 1 is 0.821 bits per heavy atom. The van der Waals surface area contributed by atoms with Gasteiger partial charge in [0.25, 0.3) is 0 Å². The Kier molecular flexibility index (Phi) is 12.1. The number of benzene rings is 3. The average Bonchev–Trinajstić information content (AvgIpc) is 2.98. The molecular weight excluding hydrogens is 488 g/mol. The number of amides is 2. The third kappa shape index (κ3) is 9.64. The number of ether oxygens (including phenoxy) is 2. The molecule has 39 heavy (non-hydrogen) atoms. The number of carbonyl (C=O) groups excluding carboxylic acids is 2. The summed E-state index contributed by atoms with van der Waals surface area (Å²) in [5.41, 5.74) is 4.56. The van der Waals surface area contributed by atoms with Crippen molar-refractivity contribution in [1.82, 2.24) is 5.32 Å². The second-order valence-corrected chi connectivity index (χ2v) is 9.38. The summed E-state index contributed by atoms with van der Waals surface area (Å²) in [5, 5.41) is 3.01. The van der Waals surface area contributed by atoms with Crippen LogP contribution in [0.3, 0.4) is 0 Å². The van der Waals surface area contributed by atoms with Gasteiger partial charge in [-0.15, -0.1) is 0 Å². The molecule has 6 nitrogen and oxygen atoms in total. The van der Waals surface area contributed by atoms with Gasteiger partial charge in [0, 0.05) is 19.3 Å². The van der Waals surface area contributed by atoms with Crippen molar-refractivity contribution in [1.29, 1.82) is 0 Å². The summed E-state index contributed by atoms with van der Waals surface area (Å²) in [6, 6.07) is 25.2.